The highest BCUT2D eigenvalue weighted by Gasteiger charge is 2.69. The monoisotopic (exact) mass is 611 g/mol. The molecule has 4 heterocycles. The predicted molar refractivity (Wildman–Crippen MR) is 159 cm³/mol. The quantitative estimate of drug-likeness (QED) is 0.178. The molecule has 246 valence electrons. The van der Waals surface area contributed by atoms with Crippen LogP contribution in [0.25, 0.3) is 0 Å². The molecular weight excluding hydrogens is 558 g/mol. The summed E-state index contributed by atoms with van der Waals surface area (Å²) in [5.74, 6) is -2.77. The van der Waals surface area contributed by atoms with Gasteiger partial charge in [-0.1, -0.05) is 13.0 Å². The average molecular weight is 612 g/mol. The lowest BCUT2D eigenvalue weighted by atomic mass is 10.1. The number of aromatic nitrogens is 1. The maximum atomic E-state index is 7.10. The Bertz CT molecular complexity index is 893. The van der Waals surface area contributed by atoms with E-state index in [0.29, 0.717) is 92.3 Å². The fourth-order valence-corrected chi connectivity index (χ4v) is 5.71. The van der Waals surface area contributed by atoms with E-state index in [0.717, 1.165) is 25.2 Å². The summed E-state index contributed by atoms with van der Waals surface area (Å²) in [6.07, 6.45) is 2.49. The number of nitrogens with zero attached hydrogens (tertiary/aromatic N) is 5. The van der Waals surface area contributed by atoms with Gasteiger partial charge >= 0.3 is 5.91 Å². The molecule has 0 saturated carbocycles. The van der Waals surface area contributed by atoms with E-state index in [9.17, 15) is 0 Å². The summed E-state index contributed by atoms with van der Waals surface area (Å²) < 4.78 is 44.2. The van der Waals surface area contributed by atoms with Crippen LogP contribution in [-0.2, 0) is 44.6 Å². The normalized spacial score (nSPS) is 26.8. The zero-order valence-corrected chi connectivity index (χ0v) is 26.6. The van der Waals surface area contributed by atoms with Gasteiger partial charge in [-0.05, 0) is 32.4 Å². The molecule has 3 fully saturated rings. The molecule has 2 atom stereocenters. The smallest absolute Gasteiger partial charge is 0.313 e. The summed E-state index contributed by atoms with van der Waals surface area (Å²) >= 11 is 0. The summed E-state index contributed by atoms with van der Waals surface area (Å²) in [6, 6.07) is 5.80. The van der Waals surface area contributed by atoms with Crippen LogP contribution in [0.2, 0.25) is 0 Å². The van der Waals surface area contributed by atoms with Crippen LogP contribution < -0.4 is 0 Å². The Balaban J connectivity index is 1.80. The Morgan fingerprint density at radius 3 is 2.35 bits per heavy atom. The van der Waals surface area contributed by atoms with Gasteiger partial charge in [-0.15, -0.1) is 5.06 Å². The molecule has 3 aliphatic rings. The molecule has 13 nitrogen and oxygen atoms in total. The van der Waals surface area contributed by atoms with Crippen molar-refractivity contribution >= 4 is 0 Å². The van der Waals surface area contributed by atoms with Crippen molar-refractivity contribution in [1.29, 1.82) is 0 Å². The maximum Gasteiger partial charge on any atom is 0.313 e. The molecule has 1 aromatic rings. The minimum Gasteiger partial charge on any atom is -0.382 e. The molecule has 13 heteroatoms. The van der Waals surface area contributed by atoms with Gasteiger partial charge < -0.3 is 33.2 Å². The molecule has 4 rings (SSSR count). The van der Waals surface area contributed by atoms with E-state index in [1.807, 2.05) is 37.1 Å². The zero-order valence-electron chi connectivity index (χ0n) is 26.6. The van der Waals surface area contributed by atoms with Crippen molar-refractivity contribution in [2.75, 3.05) is 113 Å². The van der Waals surface area contributed by atoms with Crippen LogP contribution in [0.15, 0.2) is 24.4 Å². The molecule has 0 spiro atoms. The SMILES string of the molecule is CCCOCN1CCN(OCCOC)C(OCCN2CCOCC2)(OCc2ccccn2)C1(OC(C)C)N1CCOCC1. The van der Waals surface area contributed by atoms with Gasteiger partial charge in [0.1, 0.15) is 6.73 Å². The number of hydrogen-bond acceptors (Lipinski definition) is 13. The van der Waals surface area contributed by atoms with Crippen LogP contribution in [0.4, 0.5) is 0 Å². The van der Waals surface area contributed by atoms with Crippen molar-refractivity contribution in [3.63, 3.8) is 0 Å². The van der Waals surface area contributed by atoms with Crippen molar-refractivity contribution in [3.8, 4) is 0 Å². The number of pyridine rings is 1. The summed E-state index contributed by atoms with van der Waals surface area (Å²) in [7, 11) is 1.66. The van der Waals surface area contributed by atoms with E-state index in [-0.39, 0.29) is 12.7 Å². The standard InChI is InChI=1S/C30H53N5O8/c1-5-17-39-26-34-10-11-35(42-24-23-36-4)30(41-25-28-8-6-7-9-31-28,40-22-14-32-12-18-37-19-13-32)29(34,43-27(2)3)33-15-20-38-21-16-33/h6-9,27H,5,10-26H2,1-4H3. The first-order chi connectivity index (χ1) is 21.1. The molecule has 0 radical (unpaired) electrons. The Hall–Kier alpha value is -1.33. The van der Waals surface area contributed by atoms with E-state index in [1.165, 1.54) is 0 Å². The topological polar surface area (TPSA) is 99.7 Å². The molecule has 0 bridgehead atoms. The molecular formula is C30H53N5O8. The molecule has 0 amide bonds. The summed E-state index contributed by atoms with van der Waals surface area (Å²) in [4.78, 5) is 17.8. The average Bonchev–Trinajstić information content (AvgIpc) is 3.03. The summed E-state index contributed by atoms with van der Waals surface area (Å²) in [6.45, 7) is 15.7. The number of hydrogen-bond donors (Lipinski definition) is 0. The largest absolute Gasteiger partial charge is 0.382 e. The molecule has 3 saturated heterocycles. The second kappa shape index (κ2) is 18.0. The van der Waals surface area contributed by atoms with Crippen LogP contribution in [0.1, 0.15) is 32.9 Å². The fourth-order valence-electron chi connectivity index (χ4n) is 5.71. The minimum absolute atomic E-state index is 0.180. The van der Waals surface area contributed by atoms with Crippen molar-refractivity contribution in [3.05, 3.63) is 30.1 Å². The third-order valence-corrected chi connectivity index (χ3v) is 7.66. The summed E-state index contributed by atoms with van der Waals surface area (Å²) in [5.41, 5.74) is 0.773. The first kappa shape index (κ1) is 34.5. The summed E-state index contributed by atoms with van der Waals surface area (Å²) in [5, 5.41) is 1.82. The first-order valence-corrected chi connectivity index (χ1v) is 15.8. The highest BCUT2D eigenvalue weighted by Crippen LogP contribution is 2.45. The second-order valence-corrected chi connectivity index (χ2v) is 11.1. The van der Waals surface area contributed by atoms with E-state index in [4.69, 9.17) is 38.0 Å². The van der Waals surface area contributed by atoms with Crippen LogP contribution in [-0.4, -0.2) is 155 Å². The molecule has 0 aromatic carbocycles. The minimum atomic E-state index is -1.53. The van der Waals surface area contributed by atoms with Gasteiger partial charge in [0.2, 0.25) is 0 Å². The lowest BCUT2D eigenvalue weighted by molar-refractivity contribution is -0.534. The Kier molecular flexibility index (Phi) is 14.4. The van der Waals surface area contributed by atoms with Gasteiger partial charge in [-0.2, -0.15) is 0 Å². The predicted octanol–water partition coefficient (Wildman–Crippen LogP) is 1.59. The lowest BCUT2D eigenvalue weighted by Crippen LogP contribution is -2.85. The lowest BCUT2D eigenvalue weighted by Gasteiger charge is -2.63. The van der Waals surface area contributed by atoms with Gasteiger partial charge in [0, 0.05) is 65.7 Å². The molecule has 1 aromatic heterocycles. The van der Waals surface area contributed by atoms with Crippen LogP contribution in [0.5, 0.6) is 0 Å². The van der Waals surface area contributed by atoms with Crippen LogP contribution in [0, 0.1) is 0 Å². The molecule has 3 aliphatic heterocycles. The number of methoxy groups -OCH3 is 1. The van der Waals surface area contributed by atoms with Gasteiger partial charge in [0.15, 0.2) is 0 Å². The van der Waals surface area contributed by atoms with Crippen molar-refractivity contribution in [2.24, 2.45) is 0 Å². The second-order valence-electron chi connectivity index (χ2n) is 11.1. The third-order valence-electron chi connectivity index (χ3n) is 7.66. The van der Waals surface area contributed by atoms with Gasteiger partial charge in [0.25, 0.3) is 5.85 Å². The van der Waals surface area contributed by atoms with E-state index >= 15 is 0 Å². The van der Waals surface area contributed by atoms with Gasteiger partial charge in [0.05, 0.1) is 64.7 Å². The number of hydroxylamine groups is 2. The van der Waals surface area contributed by atoms with E-state index in [1.54, 1.807) is 13.3 Å². The Morgan fingerprint density at radius 1 is 0.907 bits per heavy atom. The Morgan fingerprint density at radius 2 is 1.67 bits per heavy atom. The zero-order chi connectivity index (χ0) is 30.4. The van der Waals surface area contributed by atoms with Crippen LogP contribution in [0.3, 0.4) is 0 Å². The Labute approximate surface area is 257 Å². The highest BCUT2D eigenvalue weighted by molar-refractivity contribution is 5.04. The van der Waals surface area contributed by atoms with Crippen molar-refractivity contribution < 1.29 is 38.0 Å². The van der Waals surface area contributed by atoms with Crippen molar-refractivity contribution in [1.82, 2.24) is 24.7 Å². The fraction of sp³-hybridized carbons (Fsp3) is 0.833. The third kappa shape index (κ3) is 8.90. The van der Waals surface area contributed by atoms with Gasteiger partial charge in [-0.25, -0.2) is 4.90 Å². The molecule has 0 aliphatic carbocycles. The van der Waals surface area contributed by atoms with E-state index in [2.05, 4.69) is 26.6 Å². The first-order valence-electron chi connectivity index (χ1n) is 15.8. The molecule has 43 heavy (non-hydrogen) atoms. The van der Waals surface area contributed by atoms with Crippen LogP contribution >= 0.6 is 0 Å². The number of piperazine rings is 1. The van der Waals surface area contributed by atoms with Crippen molar-refractivity contribution in [2.45, 2.75) is 51.7 Å². The molecule has 0 N–H and O–H groups in total. The highest BCUT2D eigenvalue weighted by atomic mass is 16.8. The van der Waals surface area contributed by atoms with Gasteiger partial charge in [-0.3, -0.25) is 19.6 Å². The number of morpholine rings is 2. The maximum absolute atomic E-state index is 7.10. The number of ether oxygens (including phenoxy) is 7. The molecule has 2 unspecified atom stereocenters. The number of rotatable bonds is 18. The van der Waals surface area contributed by atoms with E-state index < -0.39 is 11.8 Å².